The zero-order valence-electron chi connectivity index (χ0n) is 14.3. The molecule has 1 aliphatic rings. The fourth-order valence-corrected chi connectivity index (χ4v) is 3.07. The molecule has 0 atom stereocenters. The molecule has 0 aliphatic heterocycles. The second-order valence-corrected chi connectivity index (χ2v) is 6.54. The number of aryl methyl sites for hydroxylation is 2. The molecule has 0 bridgehead atoms. The second kappa shape index (κ2) is 7.43. The van der Waals surface area contributed by atoms with Crippen molar-refractivity contribution in [2.24, 2.45) is 0 Å². The van der Waals surface area contributed by atoms with Gasteiger partial charge in [-0.05, 0) is 43.9 Å². The van der Waals surface area contributed by atoms with Gasteiger partial charge >= 0.3 is 0 Å². The van der Waals surface area contributed by atoms with Gasteiger partial charge in [0.1, 0.15) is 17.8 Å². The fourth-order valence-electron chi connectivity index (χ4n) is 3.07. The molecule has 1 aromatic heterocycles. The van der Waals surface area contributed by atoms with Gasteiger partial charge in [-0.25, -0.2) is 9.97 Å². The van der Waals surface area contributed by atoms with Gasteiger partial charge in [-0.2, -0.15) is 0 Å². The van der Waals surface area contributed by atoms with Crippen molar-refractivity contribution < 1.29 is 4.79 Å². The summed E-state index contributed by atoms with van der Waals surface area (Å²) in [6.07, 6.45) is 7.59. The quantitative estimate of drug-likeness (QED) is 0.889. The van der Waals surface area contributed by atoms with Crippen molar-refractivity contribution in [3.8, 4) is 0 Å². The maximum absolute atomic E-state index is 12.5. The Bertz CT molecular complexity index is 723. The van der Waals surface area contributed by atoms with Crippen molar-refractivity contribution >= 4 is 17.4 Å². The van der Waals surface area contributed by atoms with Gasteiger partial charge < -0.3 is 10.6 Å². The fraction of sp³-hybridized carbons (Fsp3) is 0.421. The first kappa shape index (κ1) is 16.4. The molecule has 2 N–H and O–H groups in total. The highest BCUT2D eigenvalue weighted by Gasteiger charge is 2.15. The van der Waals surface area contributed by atoms with Crippen LogP contribution in [-0.2, 0) is 0 Å². The van der Waals surface area contributed by atoms with Crippen LogP contribution in [0.4, 0.5) is 11.5 Å². The highest BCUT2D eigenvalue weighted by Crippen LogP contribution is 2.21. The molecule has 0 unspecified atom stereocenters. The summed E-state index contributed by atoms with van der Waals surface area (Å²) < 4.78 is 0. The molecule has 1 heterocycles. The van der Waals surface area contributed by atoms with Crippen LogP contribution in [0.5, 0.6) is 0 Å². The van der Waals surface area contributed by atoms with E-state index in [4.69, 9.17) is 0 Å². The van der Waals surface area contributed by atoms with Gasteiger partial charge in [0.05, 0.1) is 0 Å². The van der Waals surface area contributed by atoms with Crippen LogP contribution in [0, 0.1) is 13.8 Å². The molecule has 0 saturated heterocycles. The maximum atomic E-state index is 12.5. The molecular weight excluding hydrogens is 300 g/mol. The summed E-state index contributed by atoms with van der Waals surface area (Å²) in [6.45, 7) is 3.98. The Balaban J connectivity index is 1.70. The Morgan fingerprint density at radius 3 is 2.67 bits per heavy atom. The van der Waals surface area contributed by atoms with Crippen molar-refractivity contribution in [1.82, 2.24) is 9.97 Å². The lowest BCUT2D eigenvalue weighted by molar-refractivity contribution is 0.102. The van der Waals surface area contributed by atoms with E-state index >= 15 is 0 Å². The van der Waals surface area contributed by atoms with Crippen LogP contribution in [-0.4, -0.2) is 21.9 Å². The SMILES string of the molecule is Cc1ccc(C)c(NC(=O)c2cc(NC3CCCCC3)ncn2)c1. The molecule has 5 nitrogen and oxygen atoms in total. The topological polar surface area (TPSA) is 66.9 Å². The highest BCUT2D eigenvalue weighted by atomic mass is 16.1. The average molecular weight is 324 g/mol. The van der Waals surface area contributed by atoms with Gasteiger partial charge in [-0.15, -0.1) is 0 Å². The van der Waals surface area contributed by atoms with E-state index < -0.39 is 0 Å². The standard InChI is InChI=1S/C19H24N4O/c1-13-8-9-14(2)16(10-13)23-19(24)17-11-18(21-12-20-17)22-15-6-4-3-5-7-15/h8-12,15H,3-7H2,1-2H3,(H,23,24)(H,20,21,22). The third-order valence-electron chi connectivity index (χ3n) is 4.50. The van der Waals surface area contributed by atoms with Crippen LogP contribution in [0.1, 0.15) is 53.7 Å². The monoisotopic (exact) mass is 324 g/mol. The molecule has 126 valence electrons. The van der Waals surface area contributed by atoms with Crippen molar-refractivity contribution in [1.29, 1.82) is 0 Å². The molecule has 5 heteroatoms. The van der Waals surface area contributed by atoms with Gasteiger partial charge in [-0.3, -0.25) is 4.79 Å². The van der Waals surface area contributed by atoms with E-state index in [1.165, 1.54) is 25.6 Å². The van der Waals surface area contributed by atoms with E-state index in [-0.39, 0.29) is 5.91 Å². The molecule has 1 aromatic carbocycles. The van der Waals surface area contributed by atoms with Crippen molar-refractivity contribution in [2.75, 3.05) is 10.6 Å². The van der Waals surface area contributed by atoms with Gasteiger partial charge in [-0.1, -0.05) is 31.4 Å². The van der Waals surface area contributed by atoms with Gasteiger partial charge in [0.25, 0.3) is 5.91 Å². The van der Waals surface area contributed by atoms with Gasteiger partial charge in [0.2, 0.25) is 0 Å². The van der Waals surface area contributed by atoms with E-state index in [1.807, 2.05) is 32.0 Å². The van der Waals surface area contributed by atoms with Crippen LogP contribution >= 0.6 is 0 Å². The first-order valence-corrected chi connectivity index (χ1v) is 8.59. The predicted molar refractivity (Wildman–Crippen MR) is 96.4 cm³/mol. The summed E-state index contributed by atoms with van der Waals surface area (Å²) >= 11 is 0. The minimum absolute atomic E-state index is 0.210. The number of benzene rings is 1. The lowest BCUT2D eigenvalue weighted by Gasteiger charge is -2.23. The van der Waals surface area contributed by atoms with E-state index in [0.29, 0.717) is 11.7 Å². The molecule has 0 radical (unpaired) electrons. The Hall–Kier alpha value is -2.43. The lowest BCUT2D eigenvalue weighted by atomic mass is 9.95. The number of carbonyl (C=O) groups excluding carboxylic acids is 1. The third-order valence-corrected chi connectivity index (χ3v) is 4.50. The summed E-state index contributed by atoms with van der Waals surface area (Å²) in [5.74, 6) is 0.515. The van der Waals surface area contributed by atoms with Crippen LogP contribution in [0.3, 0.4) is 0 Å². The normalized spacial score (nSPS) is 15.1. The van der Waals surface area contributed by atoms with Crippen molar-refractivity contribution in [2.45, 2.75) is 52.0 Å². The molecule has 1 saturated carbocycles. The maximum Gasteiger partial charge on any atom is 0.274 e. The molecular formula is C19H24N4O. The summed E-state index contributed by atoms with van der Waals surface area (Å²) in [5, 5.41) is 6.37. The molecule has 1 fully saturated rings. The van der Waals surface area contributed by atoms with Gasteiger partial charge in [0.15, 0.2) is 0 Å². The largest absolute Gasteiger partial charge is 0.367 e. The van der Waals surface area contributed by atoms with Crippen molar-refractivity contribution in [3.05, 3.63) is 47.4 Å². The summed E-state index contributed by atoms with van der Waals surface area (Å²) in [6, 6.07) is 8.18. The summed E-state index contributed by atoms with van der Waals surface area (Å²) in [7, 11) is 0. The number of hydrogen-bond acceptors (Lipinski definition) is 4. The van der Waals surface area contributed by atoms with E-state index in [2.05, 4.69) is 20.6 Å². The number of amides is 1. The second-order valence-electron chi connectivity index (χ2n) is 6.54. The Kier molecular flexibility index (Phi) is 5.08. The zero-order chi connectivity index (χ0) is 16.9. The molecule has 24 heavy (non-hydrogen) atoms. The lowest BCUT2D eigenvalue weighted by Crippen LogP contribution is -2.23. The number of nitrogens with one attached hydrogen (secondary N) is 2. The first-order valence-electron chi connectivity index (χ1n) is 8.59. The number of hydrogen-bond donors (Lipinski definition) is 2. The highest BCUT2D eigenvalue weighted by molar-refractivity contribution is 6.03. The van der Waals surface area contributed by atoms with Crippen LogP contribution in [0.25, 0.3) is 0 Å². The smallest absolute Gasteiger partial charge is 0.274 e. The van der Waals surface area contributed by atoms with Crippen LogP contribution < -0.4 is 10.6 Å². The molecule has 1 amide bonds. The third kappa shape index (κ3) is 4.10. The van der Waals surface area contributed by atoms with Crippen LogP contribution in [0.15, 0.2) is 30.6 Å². The van der Waals surface area contributed by atoms with E-state index in [1.54, 1.807) is 6.07 Å². The van der Waals surface area contributed by atoms with E-state index in [0.717, 1.165) is 35.5 Å². The zero-order valence-corrected chi connectivity index (χ0v) is 14.3. The Morgan fingerprint density at radius 1 is 1.08 bits per heavy atom. The molecule has 1 aliphatic carbocycles. The van der Waals surface area contributed by atoms with E-state index in [9.17, 15) is 4.79 Å². The average Bonchev–Trinajstić information content (AvgIpc) is 2.59. The Labute approximate surface area is 142 Å². The number of aromatic nitrogens is 2. The summed E-state index contributed by atoms with van der Waals surface area (Å²) in [4.78, 5) is 20.9. The predicted octanol–water partition coefficient (Wildman–Crippen LogP) is 4.09. The molecule has 0 spiro atoms. The minimum Gasteiger partial charge on any atom is -0.367 e. The minimum atomic E-state index is -0.210. The molecule has 3 rings (SSSR count). The Morgan fingerprint density at radius 2 is 1.88 bits per heavy atom. The number of rotatable bonds is 4. The first-order chi connectivity index (χ1) is 11.6. The number of carbonyl (C=O) groups is 1. The van der Waals surface area contributed by atoms with Crippen molar-refractivity contribution in [3.63, 3.8) is 0 Å². The molecule has 2 aromatic rings. The van der Waals surface area contributed by atoms with Crippen LogP contribution in [0.2, 0.25) is 0 Å². The summed E-state index contributed by atoms with van der Waals surface area (Å²) in [5.41, 5.74) is 3.34. The van der Waals surface area contributed by atoms with Gasteiger partial charge in [0, 0.05) is 17.8 Å². The number of anilines is 2. The number of nitrogens with zero attached hydrogens (tertiary/aromatic N) is 2.